The van der Waals surface area contributed by atoms with Crippen LogP contribution in [0, 0.1) is 13.8 Å². The predicted molar refractivity (Wildman–Crippen MR) is 122 cm³/mol. The van der Waals surface area contributed by atoms with Crippen LogP contribution in [0.4, 0.5) is 0 Å². The molecular weight excluding hydrogens is 388 g/mol. The van der Waals surface area contributed by atoms with Crippen LogP contribution in [-0.4, -0.2) is 20.4 Å². The second-order valence-corrected chi connectivity index (χ2v) is 7.79. The number of pyridine rings is 1. The third-order valence-electron chi connectivity index (χ3n) is 5.62. The third kappa shape index (κ3) is 3.97. The number of carbonyl (C=O) groups excluding carboxylic acids is 1. The minimum atomic E-state index is -0.230. The largest absolute Gasteiger partial charge is 0.346 e. The van der Waals surface area contributed by atoms with Crippen molar-refractivity contribution in [2.75, 3.05) is 0 Å². The Morgan fingerprint density at radius 3 is 2.48 bits per heavy atom. The van der Waals surface area contributed by atoms with Gasteiger partial charge in [0.15, 0.2) is 5.65 Å². The summed E-state index contributed by atoms with van der Waals surface area (Å²) in [7, 11) is 1.68. The lowest BCUT2D eigenvalue weighted by molar-refractivity contribution is 0.0940. The van der Waals surface area contributed by atoms with Crippen molar-refractivity contribution in [1.29, 1.82) is 0 Å². The Balaban J connectivity index is 1.57. The number of aromatic nitrogens is 3. The highest BCUT2D eigenvalue weighted by molar-refractivity contribution is 5.95. The van der Waals surface area contributed by atoms with Crippen LogP contribution >= 0.6 is 0 Å². The maximum Gasteiger partial charge on any atom is 0.278 e. The molecule has 0 saturated heterocycles. The molecule has 2 aromatic carbocycles. The van der Waals surface area contributed by atoms with Crippen LogP contribution < -0.4 is 10.9 Å². The second kappa shape index (κ2) is 8.14. The van der Waals surface area contributed by atoms with Gasteiger partial charge < -0.3 is 5.32 Å². The summed E-state index contributed by atoms with van der Waals surface area (Å²) < 4.78 is 1.49. The molecule has 0 aliphatic carbocycles. The lowest BCUT2D eigenvalue weighted by Crippen LogP contribution is -2.26. The summed E-state index contributed by atoms with van der Waals surface area (Å²) in [5.74, 6) is -0.166. The molecule has 0 aliphatic heterocycles. The first-order chi connectivity index (χ1) is 14.8. The number of rotatable bonds is 4. The topological polar surface area (TPSA) is 76.9 Å². The average molecular weight is 412 g/mol. The lowest BCUT2D eigenvalue weighted by Gasteiger charge is -2.16. The van der Waals surface area contributed by atoms with Gasteiger partial charge in [-0.05, 0) is 61.7 Å². The van der Waals surface area contributed by atoms with E-state index in [-0.39, 0.29) is 17.5 Å². The molecule has 2 heterocycles. The smallest absolute Gasteiger partial charge is 0.278 e. The molecule has 2 aromatic heterocycles. The molecular formula is C25H24N4O2. The molecule has 31 heavy (non-hydrogen) atoms. The quantitative estimate of drug-likeness (QED) is 0.547. The summed E-state index contributed by atoms with van der Waals surface area (Å²) in [6, 6.07) is 16.6. The van der Waals surface area contributed by atoms with E-state index in [4.69, 9.17) is 0 Å². The van der Waals surface area contributed by atoms with Gasteiger partial charge in [-0.3, -0.25) is 14.2 Å². The summed E-state index contributed by atoms with van der Waals surface area (Å²) in [6.07, 6.45) is 1.63. The van der Waals surface area contributed by atoms with E-state index in [9.17, 15) is 9.59 Å². The van der Waals surface area contributed by atoms with Crippen molar-refractivity contribution in [2.45, 2.75) is 26.8 Å². The summed E-state index contributed by atoms with van der Waals surface area (Å²) in [5.41, 5.74) is 5.94. The van der Waals surface area contributed by atoms with Crippen LogP contribution in [0.2, 0.25) is 0 Å². The standard InChI is InChI=1S/C25H24N4O2/c1-15-7-8-20(14-16(15)2)17(3)27-24(30)19-11-9-18(10-12-19)22-25(31)29(4)23-21(28-22)6-5-13-26-23/h5-14,17H,1-4H3,(H,27,30). The molecule has 6 nitrogen and oxygen atoms in total. The van der Waals surface area contributed by atoms with E-state index < -0.39 is 0 Å². The molecule has 0 spiro atoms. The maximum atomic E-state index is 12.7. The Morgan fingerprint density at radius 2 is 1.77 bits per heavy atom. The fraction of sp³-hybridized carbons (Fsp3) is 0.200. The molecule has 1 atom stereocenters. The van der Waals surface area contributed by atoms with Crippen molar-refractivity contribution in [3.8, 4) is 11.3 Å². The fourth-order valence-corrected chi connectivity index (χ4v) is 3.52. The predicted octanol–water partition coefficient (Wildman–Crippen LogP) is 4.10. The molecule has 1 amide bonds. The van der Waals surface area contributed by atoms with Gasteiger partial charge in [0.1, 0.15) is 11.2 Å². The van der Waals surface area contributed by atoms with Crippen molar-refractivity contribution in [3.63, 3.8) is 0 Å². The van der Waals surface area contributed by atoms with Crippen LogP contribution in [0.1, 0.15) is 40.0 Å². The van der Waals surface area contributed by atoms with Crippen molar-refractivity contribution >= 4 is 17.1 Å². The summed E-state index contributed by atoms with van der Waals surface area (Å²) in [4.78, 5) is 34.2. The molecule has 0 saturated carbocycles. The Morgan fingerprint density at radius 1 is 1.03 bits per heavy atom. The van der Waals surface area contributed by atoms with Gasteiger partial charge in [-0.2, -0.15) is 0 Å². The number of hydrogen-bond donors (Lipinski definition) is 1. The first kappa shape index (κ1) is 20.5. The Kier molecular flexibility index (Phi) is 5.38. The minimum absolute atomic E-state index is 0.117. The highest BCUT2D eigenvalue weighted by atomic mass is 16.1. The van der Waals surface area contributed by atoms with Gasteiger partial charge in [0.25, 0.3) is 11.5 Å². The van der Waals surface area contributed by atoms with Crippen LogP contribution in [0.3, 0.4) is 0 Å². The molecule has 6 heteroatoms. The maximum absolute atomic E-state index is 12.7. The fourth-order valence-electron chi connectivity index (χ4n) is 3.52. The zero-order valence-electron chi connectivity index (χ0n) is 18.0. The van der Waals surface area contributed by atoms with Crippen molar-refractivity contribution < 1.29 is 4.79 Å². The number of benzene rings is 2. The molecule has 1 N–H and O–H groups in total. The van der Waals surface area contributed by atoms with E-state index in [0.29, 0.717) is 28.0 Å². The highest BCUT2D eigenvalue weighted by Crippen LogP contribution is 2.19. The van der Waals surface area contributed by atoms with Gasteiger partial charge in [-0.25, -0.2) is 9.97 Å². The van der Waals surface area contributed by atoms with E-state index in [1.807, 2.05) is 19.1 Å². The zero-order valence-corrected chi connectivity index (χ0v) is 18.0. The van der Waals surface area contributed by atoms with Crippen molar-refractivity contribution in [1.82, 2.24) is 19.9 Å². The Bertz CT molecular complexity index is 1340. The first-order valence-corrected chi connectivity index (χ1v) is 10.2. The van der Waals surface area contributed by atoms with Gasteiger partial charge in [0.2, 0.25) is 0 Å². The van der Waals surface area contributed by atoms with Crippen LogP contribution in [0.25, 0.3) is 22.4 Å². The van der Waals surface area contributed by atoms with Gasteiger partial charge in [-0.1, -0.05) is 30.3 Å². The van der Waals surface area contributed by atoms with Gasteiger partial charge in [-0.15, -0.1) is 0 Å². The molecule has 4 aromatic rings. The molecule has 0 aliphatic rings. The van der Waals surface area contributed by atoms with E-state index in [0.717, 1.165) is 5.56 Å². The molecule has 0 bridgehead atoms. The average Bonchev–Trinajstić information content (AvgIpc) is 2.78. The van der Waals surface area contributed by atoms with Crippen molar-refractivity contribution in [2.24, 2.45) is 7.05 Å². The molecule has 156 valence electrons. The Labute approximate surface area is 180 Å². The number of aryl methyl sites for hydroxylation is 3. The second-order valence-electron chi connectivity index (χ2n) is 7.79. The number of carbonyl (C=O) groups is 1. The zero-order chi connectivity index (χ0) is 22.1. The number of amides is 1. The number of fused-ring (bicyclic) bond motifs is 1. The van der Waals surface area contributed by atoms with Crippen LogP contribution in [0.5, 0.6) is 0 Å². The molecule has 4 rings (SSSR count). The highest BCUT2D eigenvalue weighted by Gasteiger charge is 2.14. The number of nitrogens with one attached hydrogen (secondary N) is 1. The molecule has 1 unspecified atom stereocenters. The van der Waals surface area contributed by atoms with Crippen LogP contribution in [-0.2, 0) is 7.05 Å². The van der Waals surface area contributed by atoms with E-state index in [1.165, 1.54) is 15.7 Å². The van der Waals surface area contributed by atoms with Crippen molar-refractivity contribution in [3.05, 3.63) is 93.4 Å². The van der Waals surface area contributed by atoms with Gasteiger partial charge in [0.05, 0.1) is 6.04 Å². The third-order valence-corrected chi connectivity index (χ3v) is 5.62. The Hall–Kier alpha value is -3.80. The summed E-state index contributed by atoms with van der Waals surface area (Å²) >= 11 is 0. The summed E-state index contributed by atoms with van der Waals surface area (Å²) in [6.45, 7) is 6.10. The van der Waals surface area contributed by atoms with Gasteiger partial charge >= 0.3 is 0 Å². The first-order valence-electron chi connectivity index (χ1n) is 10.2. The SMILES string of the molecule is Cc1ccc(C(C)NC(=O)c2ccc(-c3nc4cccnc4n(C)c3=O)cc2)cc1C. The van der Waals surface area contributed by atoms with E-state index in [2.05, 4.69) is 41.3 Å². The number of hydrogen-bond acceptors (Lipinski definition) is 4. The van der Waals surface area contributed by atoms with E-state index in [1.54, 1.807) is 43.6 Å². The minimum Gasteiger partial charge on any atom is -0.346 e. The molecule has 0 fully saturated rings. The van der Waals surface area contributed by atoms with Crippen LogP contribution in [0.15, 0.2) is 65.6 Å². The summed E-state index contributed by atoms with van der Waals surface area (Å²) in [5, 5.41) is 3.03. The normalized spacial score (nSPS) is 12.0. The van der Waals surface area contributed by atoms with E-state index >= 15 is 0 Å². The number of nitrogens with zero attached hydrogens (tertiary/aromatic N) is 3. The van der Waals surface area contributed by atoms with Gasteiger partial charge in [0, 0.05) is 24.4 Å². The lowest BCUT2D eigenvalue weighted by atomic mass is 10.0. The monoisotopic (exact) mass is 412 g/mol. The molecule has 0 radical (unpaired) electrons.